The highest BCUT2D eigenvalue weighted by molar-refractivity contribution is 6.06. The van der Waals surface area contributed by atoms with Gasteiger partial charge in [-0.2, -0.15) is 5.10 Å². The highest BCUT2D eigenvalue weighted by Gasteiger charge is 2.17. The lowest BCUT2D eigenvalue weighted by Gasteiger charge is -2.08. The molecular weight excluding hydrogens is 426 g/mol. The summed E-state index contributed by atoms with van der Waals surface area (Å²) in [6, 6.07) is 17.1. The van der Waals surface area contributed by atoms with Gasteiger partial charge in [0.1, 0.15) is 0 Å². The maximum absolute atomic E-state index is 12.6. The number of carbonyl (C=O) groups excluding carboxylic acids is 2. The molecule has 9 heteroatoms. The normalized spacial score (nSPS) is 13.5. The van der Waals surface area contributed by atoms with Crippen molar-refractivity contribution in [3.05, 3.63) is 77.4 Å². The van der Waals surface area contributed by atoms with Gasteiger partial charge in [-0.1, -0.05) is 12.1 Å². The molecule has 0 spiro atoms. The van der Waals surface area contributed by atoms with E-state index >= 15 is 0 Å². The lowest BCUT2D eigenvalue weighted by molar-refractivity contribution is 0.0953. The lowest BCUT2D eigenvalue weighted by Crippen LogP contribution is -2.19. The summed E-state index contributed by atoms with van der Waals surface area (Å²) in [6.45, 7) is 2.05. The minimum absolute atomic E-state index is 0.138. The molecular formula is C24H19N3O6. The van der Waals surface area contributed by atoms with Gasteiger partial charge in [0, 0.05) is 16.8 Å². The summed E-state index contributed by atoms with van der Waals surface area (Å²) in [5.41, 5.74) is 5.29. The van der Waals surface area contributed by atoms with E-state index in [1.54, 1.807) is 61.5 Å². The fourth-order valence-corrected chi connectivity index (χ4v) is 3.36. The molecule has 0 atom stereocenters. The maximum atomic E-state index is 12.6. The zero-order valence-corrected chi connectivity index (χ0v) is 17.6. The molecule has 2 aliphatic heterocycles. The van der Waals surface area contributed by atoms with Crippen molar-refractivity contribution in [2.45, 2.75) is 6.92 Å². The van der Waals surface area contributed by atoms with Crippen LogP contribution in [0.25, 0.3) is 0 Å². The second kappa shape index (κ2) is 8.54. The number of nitrogens with zero attached hydrogens (tertiary/aromatic N) is 1. The largest absolute Gasteiger partial charge is 0.454 e. The van der Waals surface area contributed by atoms with Crippen LogP contribution in [0.4, 0.5) is 5.69 Å². The van der Waals surface area contributed by atoms with Crippen molar-refractivity contribution in [2.75, 3.05) is 18.9 Å². The van der Waals surface area contributed by atoms with Gasteiger partial charge in [0.05, 0.1) is 5.71 Å². The van der Waals surface area contributed by atoms with Crippen molar-refractivity contribution in [3.8, 4) is 23.0 Å². The van der Waals surface area contributed by atoms with Crippen LogP contribution in [0.5, 0.6) is 23.0 Å². The Balaban J connectivity index is 1.25. The summed E-state index contributed by atoms with van der Waals surface area (Å²) in [4.78, 5) is 25.1. The smallest absolute Gasteiger partial charge is 0.271 e. The van der Waals surface area contributed by atoms with Gasteiger partial charge >= 0.3 is 0 Å². The molecule has 33 heavy (non-hydrogen) atoms. The van der Waals surface area contributed by atoms with Crippen molar-refractivity contribution in [3.63, 3.8) is 0 Å². The Bertz CT molecular complexity index is 1290. The summed E-state index contributed by atoms with van der Waals surface area (Å²) in [5, 5.41) is 7.04. The predicted molar refractivity (Wildman–Crippen MR) is 119 cm³/mol. The number of fused-ring (bicyclic) bond motifs is 2. The Labute approximate surface area is 188 Å². The fourth-order valence-electron chi connectivity index (χ4n) is 3.36. The molecule has 0 bridgehead atoms. The summed E-state index contributed by atoms with van der Waals surface area (Å²) in [5.74, 6) is 1.62. The molecule has 0 saturated carbocycles. The van der Waals surface area contributed by atoms with Gasteiger partial charge < -0.3 is 24.3 Å². The van der Waals surface area contributed by atoms with E-state index in [4.69, 9.17) is 18.9 Å². The second-order valence-electron chi connectivity index (χ2n) is 7.31. The van der Waals surface area contributed by atoms with Crippen LogP contribution in [-0.2, 0) is 0 Å². The van der Waals surface area contributed by atoms with Crippen molar-refractivity contribution < 1.29 is 28.5 Å². The summed E-state index contributed by atoms with van der Waals surface area (Å²) in [7, 11) is 0. The highest BCUT2D eigenvalue weighted by Crippen LogP contribution is 2.33. The number of hydrazone groups is 1. The van der Waals surface area contributed by atoms with E-state index in [9.17, 15) is 9.59 Å². The van der Waals surface area contributed by atoms with Crippen LogP contribution in [0.15, 0.2) is 65.8 Å². The zero-order valence-electron chi connectivity index (χ0n) is 17.6. The number of ether oxygens (including phenoxy) is 4. The molecule has 2 heterocycles. The van der Waals surface area contributed by atoms with Crippen LogP contribution in [-0.4, -0.2) is 31.1 Å². The van der Waals surface area contributed by atoms with Crippen LogP contribution in [0.3, 0.4) is 0 Å². The standard InChI is InChI=1S/C24H19N3O6/c1-14(26-27-24(29)17-6-8-20-22(11-17)33-13-31-20)15-3-2-4-18(9-15)25-23(28)16-5-7-19-21(10-16)32-12-30-19/h2-11H,12-13H2,1H3,(H,25,28)(H,27,29)/b26-14+. The maximum Gasteiger partial charge on any atom is 0.271 e. The molecule has 2 aliphatic rings. The number of hydrogen-bond acceptors (Lipinski definition) is 7. The van der Waals surface area contributed by atoms with E-state index < -0.39 is 0 Å². The van der Waals surface area contributed by atoms with E-state index in [0.717, 1.165) is 5.56 Å². The van der Waals surface area contributed by atoms with E-state index in [0.29, 0.717) is 45.5 Å². The Kier molecular flexibility index (Phi) is 5.27. The average Bonchev–Trinajstić information content (AvgIpc) is 3.50. The fraction of sp³-hybridized carbons (Fsp3) is 0.125. The quantitative estimate of drug-likeness (QED) is 0.459. The van der Waals surface area contributed by atoms with E-state index in [1.165, 1.54) is 0 Å². The van der Waals surface area contributed by atoms with Crippen molar-refractivity contribution in [2.24, 2.45) is 5.10 Å². The molecule has 0 aromatic heterocycles. The van der Waals surface area contributed by atoms with Crippen LogP contribution < -0.4 is 29.7 Å². The molecule has 0 saturated heterocycles. The van der Waals surface area contributed by atoms with Gasteiger partial charge in [-0.25, -0.2) is 5.43 Å². The molecule has 3 aromatic rings. The Morgan fingerprint density at radius 1 is 0.727 bits per heavy atom. The summed E-state index contributed by atoms with van der Waals surface area (Å²) < 4.78 is 21.1. The third kappa shape index (κ3) is 4.29. The van der Waals surface area contributed by atoms with Gasteiger partial charge in [-0.15, -0.1) is 0 Å². The molecule has 166 valence electrons. The molecule has 2 N–H and O–H groups in total. The second-order valence-corrected chi connectivity index (χ2v) is 7.31. The number of rotatable bonds is 5. The number of hydrogen-bond donors (Lipinski definition) is 2. The Morgan fingerprint density at radius 2 is 1.33 bits per heavy atom. The monoisotopic (exact) mass is 445 g/mol. The molecule has 0 unspecified atom stereocenters. The zero-order chi connectivity index (χ0) is 22.8. The SMILES string of the molecule is C/C(=N\NC(=O)c1ccc2c(c1)OCO2)c1cccc(NC(=O)c2ccc3c(c2)OCO3)c1. The first kappa shape index (κ1) is 20.4. The van der Waals surface area contributed by atoms with Crippen LogP contribution in [0.2, 0.25) is 0 Å². The van der Waals surface area contributed by atoms with Crippen LogP contribution in [0, 0.1) is 0 Å². The third-order valence-corrected chi connectivity index (χ3v) is 5.13. The first-order valence-corrected chi connectivity index (χ1v) is 10.1. The van der Waals surface area contributed by atoms with Crippen LogP contribution in [0.1, 0.15) is 33.2 Å². The molecule has 3 aromatic carbocycles. The molecule has 0 fully saturated rings. The minimum atomic E-state index is -0.375. The first-order chi connectivity index (χ1) is 16.1. The number of anilines is 1. The Hall–Kier alpha value is -4.53. The summed E-state index contributed by atoms with van der Waals surface area (Å²) in [6.07, 6.45) is 0. The topological polar surface area (TPSA) is 107 Å². The third-order valence-electron chi connectivity index (χ3n) is 5.13. The van der Waals surface area contributed by atoms with E-state index in [2.05, 4.69) is 15.8 Å². The van der Waals surface area contributed by atoms with Crippen molar-refractivity contribution >= 4 is 23.2 Å². The molecule has 0 aliphatic carbocycles. The number of carbonyl (C=O) groups is 2. The van der Waals surface area contributed by atoms with Gasteiger partial charge in [0.2, 0.25) is 13.6 Å². The molecule has 2 amide bonds. The van der Waals surface area contributed by atoms with Gasteiger partial charge in [0.15, 0.2) is 23.0 Å². The van der Waals surface area contributed by atoms with Crippen molar-refractivity contribution in [1.82, 2.24) is 5.43 Å². The van der Waals surface area contributed by atoms with Gasteiger partial charge in [-0.05, 0) is 61.0 Å². The lowest BCUT2D eigenvalue weighted by atomic mass is 10.1. The number of nitrogens with one attached hydrogen (secondary N) is 2. The van der Waals surface area contributed by atoms with E-state index in [1.807, 2.05) is 6.07 Å². The van der Waals surface area contributed by atoms with Crippen molar-refractivity contribution in [1.29, 1.82) is 0 Å². The predicted octanol–water partition coefficient (Wildman–Crippen LogP) is 3.55. The number of benzene rings is 3. The highest BCUT2D eigenvalue weighted by atomic mass is 16.7. The van der Waals surface area contributed by atoms with Gasteiger partial charge in [0.25, 0.3) is 11.8 Å². The first-order valence-electron chi connectivity index (χ1n) is 10.1. The molecule has 9 nitrogen and oxygen atoms in total. The Morgan fingerprint density at radius 3 is 2.00 bits per heavy atom. The summed E-state index contributed by atoms with van der Waals surface area (Å²) >= 11 is 0. The average molecular weight is 445 g/mol. The number of amides is 2. The van der Waals surface area contributed by atoms with Crippen LogP contribution >= 0.6 is 0 Å². The molecule has 5 rings (SSSR count). The minimum Gasteiger partial charge on any atom is -0.454 e. The van der Waals surface area contributed by atoms with E-state index in [-0.39, 0.29) is 25.4 Å². The molecule has 0 radical (unpaired) electrons. The van der Waals surface area contributed by atoms with Gasteiger partial charge in [-0.3, -0.25) is 9.59 Å².